The summed E-state index contributed by atoms with van der Waals surface area (Å²) < 4.78 is 5.18. The molecule has 0 atom stereocenters. The van der Waals surface area contributed by atoms with Crippen LogP contribution >= 0.6 is 11.3 Å². The quantitative estimate of drug-likeness (QED) is 0.818. The fourth-order valence-corrected chi connectivity index (χ4v) is 3.34. The predicted molar refractivity (Wildman–Crippen MR) is 80.9 cm³/mol. The van der Waals surface area contributed by atoms with Crippen LogP contribution < -0.4 is 0 Å². The van der Waals surface area contributed by atoms with Crippen molar-refractivity contribution in [1.29, 1.82) is 0 Å². The third kappa shape index (κ3) is 3.39. The lowest BCUT2D eigenvalue weighted by Crippen LogP contribution is -2.36. The van der Waals surface area contributed by atoms with Gasteiger partial charge >= 0.3 is 0 Å². The first-order valence-corrected chi connectivity index (χ1v) is 7.84. The van der Waals surface area contributed by atoms with E-state index < -0.39 is 0 Å². The Balaban J connectivity index is 1.54. The van der Waals surface area contributed by atoms with Gasteiger partial charge in [-0.25, -0.2) is 0 Å². The molecular formula is C15H17N3O2S. The highest BCUT2D eigenvalue weighted by molar-refractivity contribution is 7.11. The molecule has 1 aliphatic rings. The number of hydrogen-bond donors (Lipinski definition) is 0. The van der Waals surface area contributed by atoms with Gasteiger partial charge in [0.25, 0.3) is 0 Å². The molecular weight excluding hydrogens is 286 g/mol. The SMILES string of the molecule is Cc1nnc(C2CCN(C(=O)/C=C/c3ccco3)CC2)s1. The number of carbonyl (C=O) groups is 1. The molecule has 2 aromatic heterocycles. The lowest BCUT2D eigenvalue weighted by Gasteiger charge is -2.30. The van der Waals surface area contributed by atoms with Crippen LogP contribution in [0.4, 0.5) is 0 Å². The van der Waals surface area contributed by atoms with Crippen LogP contribution in [-0.2, 0) is 4.79 Å². The first kappa shape index (κ1) is 14.0. The highest BCUT2D eigenvalue weighted by Crippen LogP contribution is 2.29. The van der Waals surface area contributed by atoms with Crippen LogP contribution in [-0.4, -0.2) is 34.1 Å². The van der Waals surface area contributed by atoms with E-state index in [2.05, 4.69) is 10.2 Å². The number of aryl methyl sites for hydroxylation is 1. The van der Waals surface area contributed by atoms with Crippen molar-refractivity contribution < 1.29 is 9.21 Å². The molecule has 0 aliphatic carbocycles. The molecule has 0 aromatic carbocycles. The van der Waals surface area contributed by atoms with E-state index in [9.17, 15) is 4.79 Å². The molecule has 110 valence electrons. The number of likely N-dealkylation sites (tertiary alicyclic amines) is 1. The van der Waals surface area contributed by atoms with E-state index in [-0.39, 0.29) is 5.91 Å². The minimum atomic E-state index is 0.0401. The van der Waals surface area contributed by atoms with Crippen LogP contribution in [0, 0.1) is 6.92 Å². The van der Waals surface area contributed by atoms with E-state index >= 15 is 0 Å². The molecule has 2 aromatic rings. The Morgan fingerprint density at radius 1 is 1.43 bits per heavy atom. The Labute approximate surface area is 127 Å². The Hall–Kier alpha value is -1.95. The average molecular weight is 303 g/mol. The van der Waals surface area contributed by atoms with Crippen LogP contribution in [0.2, 0.25) is 0 Å². The van der Waals surface area contributed by atoms with Crippen LogP contribution in [0.3, 0.4) is 0 Å². The highest BCUT2D eigenvalue weighted by atomic mass is 32.1. The van der Waals surface area contributed by atoms with Crippen LogP contribution in [0.15, 0.2) is 28.9 Å². The summed E-state index contributed by atoms with van der Waals surface area (Å²) in [6.07, 6.45) is 6.79. The zero-order valence-corrected chi connectivity index (χ0v) is 12.7. The first-order chi connectivity index (χ1) is 10.2. The molecule has 21 heavy (non-hydrogen) atoms. The Kier molecular flexibility index (Phi) is 4.15. The van der Waals surface area contributed by atoms with E-state index in [1.807, 2.05) is 17.9 Å². The minimum Gasteiger partial charge on any atom is -0.465 e. The normalized spacial score (nSPS) is 16.7. The summed E-state index contributed by atoms with van der Waals surface area (Å²) in [6.45, 7) is 3.51. The molecule has 0 radical (unpaired) electrons. The van der Waals surface area contributed by atoms with Gasteiger partial charge in [-0.05, 0) is 38.0 Å². The zero-order chi connectivity index (χ0) is 14.7. The number of rotatable bonds is 3. The van der Waals surface area contributed by atoms with Gasteiger partial charge in [-0.1, -0.05) is 0 Å². The number of amides is 1. The van der Waals surface area contributed by atoms with Gasteiger partial charge in [-0.3, -0.25) is 4.79 Å². The molecule has 0 bridgehead atoms. The molecule has 0 saturated carbocycles. The third-order valence-corrected chi connectivity index (χ3v) is 4.63. The fourth-order valence-electron chi connectivity index (χ4n) is 2.47. The number of furan rings is 1. The van der Waals surface area contributed by atoms with Gasteiger partial charge in [0.2, 0.25) is 5.91 Å². The Morgan fingerprint density at radius 3 is 2.86 bits per heavy atom. The highest BCUT2D eigenvalue weighted by Gasteiger charge is 2.24. The van der Waals surface area contributed by atoms with Gasteiger partial charge in [-0.15, -0.1) is 21.5 Å². The van der Waals surface area contributed by atoms with E-state index in [1.165, 1.54) is 0 Å². The van der Waals surface area contributed by atoms with Crippen molar-refractivity contribution in [3.8, 4) is 0 Å². The smallest absolute Gasteiger partial charge is 0.246 e. The lowest BCUT2D eigenvalue weighted by atomic mass is 9.97. The number of aromatic nitrogens is 2. The van der Waals surface area contributed by atoms with Crippen molar-refractivity contribution in [1.82, 2.24) is 15.1 Å². The molecule has 1 fully saturated rings. The second-order valence-electron chi connectivity index (χ2n) is 5.11. The molecule has 6 heteroatoms. The molecule has 5 nitrogen and oxygen atoms in total. The third-order valence-electron chi connectivity index (χ3n) is 3.63. The van der Waals surface area contributed by atoms with Crippen molar-refractivity contribution in [2.24, 2.45) is 0 Å². The summed E-state index contributed by atoms with van der Waals surface area (Å²) >= 11 is 1.66. The zero-order valence-electron chi connectivity index (χ0n) is 11.9. The van der Waals surface area contributed by atoms with Gasteiger partial charge < -0.3 is 9.32 Å². The second kappa shape index (κ2) is 6.22. The van der Waals surface area contributed by atoms with Crippen molar-refractivity contribution >= 4 is 23.3 Å². The maximum atomic E-state index is 12.1. The summed E-state index contributed by atoms with van der Waals surface area (Å²) in [4.78, 5) is 14.0. The summed E-state index contributed by atoms with van der Waals surface area (Å²) in [5, 5.41) is 10.4. The minimum absolute atomic E-state index is 0.0401. The summed E-state index contributed by atoms with van der Waals surface area (Å²) in [5.74, 6) is 1.18. The molecule has 1 aliphatic heterocycles. The Bertz CT molecular complexity index is 625. The Morgan fingerprint density at radius 2 is 2.24 bits per heavy atom. The first-order valence-electron chi connectivity index (χ1n) is 7.03. The average Bonchev–Trinajstić information content (AvgIpc) is 3.16. The van der Waals surface area contributed by atoms with E-state index in [1.54, 1.807) is 35.8 Å². The van der Waals surface area contributed by atoms with Crippen LogP contribution in [0.25, 0.3) is 6.08 Å². The number of carbonyl (C=O) groups excluding carboxylic acids is 1. The molecule has 1 amide bonds. The maximum absolute atomic E-state index is 12.1. The largest absolute Gasteiger partial charge is 0.465 e. The van der Waals surface area contributed by atoms with Crippen LogP contribution in [0.1, 0.15) is 34.5 Å². The number of hydrogen-bond acceptors (Lipinski definition) is 5. The van der Waals surface area contributed by atoms with Gasteiger partial charge in [0.05, 0.1) is 6.26 Å². The van der Waals surface area contributed by atoms with E-state index in [0.717, 1.165) is 35.9 Å². The van der Waals surface area contributed by atoms with Gasteiger partial charge in [0, 0.05) is 25.1 Å². The standard InChI is InChI=1S/C15H17N3O2S/c1-11-16-17-15(21-11)12-6-8-18(9-7-12)14(19)5-4-13-3-2-10-20-13/h2-5,10,12H,6-9H2,1H3/b5-4+. The van der Waals surface area contributed by atoms with Gasteiger partial charge in [0.1, 0.15) is 15.8 Å². The number of nitrogens with zero attached hydrogens (tertiary/aromatic N) is 3. The van der Waals surface area contributed by atoms with Crippen LogP contribution in [0.5, 0.6) is 0 Å². The topological polar surface area (TPSA) is 59.2 Å². The van der Waals surface area contributed by atoms with Crippen molar-refractivity contribution in [2.75, 3.05) is 13.1 Å². The lowest BCUT2D eigenvalue weighted by molar-refractivity contribution is -0.126. The molecule has 0 N–H and O–H groups in total. The monoisotopic (exact) mass is 303 g/mol. The molecule has 1 saturated heterocycles. The van der Waals surface area contributed by atoms with Gasteiger partial charge in [0.15, 0.2) is 0 Å². The predicted octanol–water partition coefficient (Wildman–Crippen LogP) is 2.86. The van der Waals surface area contributed by atoms with E-state index in [0.29, 0.717) is 11.7 Å². The number of piperidine rings is 1. The molecule has 0 spiro atoms. The van der Waals surface area contributed by atoms with Gasteiger partial charge in [-0.2, -0.15) is 0 Å². The summed E-state index contributed by atoms with van der Waals surface area (Å²) in [6, 6.07) is 3.63. The summed E-state index contributed by atoms with van der Waals surface area (Å²) in [7, 11) is 0. The second-order valence-corrected chi connectivity index (χ2v) is 6.32. The molecule has 3 heterocycles. The fraction of sp³-hybridized carbons (Fsp3) is 0.400. The molecule has 3 rings (SSSR count). The van der Waals surface area contributed by atoms with Crippen molar-refractivity contribution in [3.63, 3.8) is 0 Å². The summed E-state index contributed by atoms with van der Waals surface area (Å²) in [5.41, 5.74) is 0. The maximum Gasteiger partial charge on any atom is 0.246 e. The van der Waals surface area contributed by atoms with Crippen molar-refractivity contribution in [2.45, 2.75) is 25.7 Å². The van der Waals surface area contributed by atoms with Crippen molar-refractivity contribution in [3.05, 3.63) is 40.2 Å². The molecule has 0 unspecified atom stereocenters. The van der Waals surface area contributed by atoms with E-state index in [4.69, 9.17) is 4.42 Å².